The minimum atomic E-state index is -0.321. The van der Waals surface area contributed by atoms with E-state index in [-0.39, 0.29) is 24.2 Å². The quantitative estimate of drug-likeness (QED) is 0.807. The molecule has 0 unspecified atom stereocenters. The van der Waals surface area contributed by atoms with Gasteiger partial charge in [0.25, 0.3) is 0 Å². The molecule has 27 heavy (non-hydrogen) atoms. The van der Waals surface area contributed by atoms with Gasteiger partial charge in [-0.05, 0) is 31.4 Å². The fourth-order valence-corrected chi connectivity index (χ4v) is 3.88. The predicted molar refractivity (Wildman–Crippen MR) is 99.9 cm³/mol. The highest BCUT2D eigenvalue weighted by Gasteiger charge is 2.30. The molecule has 0 aromatic heterocycles. The summed E-state index contributed by atoms with van der Waals surface area (Å²) < 4.78 is 18.8. The van der Waals surface area contributed by atoms with E-state index < -0.39 is 0 Å². The van der Waals surface area contributed by atoms with Crippen molar-refractivity contribution < 1.29 is 18.7 Å². The van der Waals surface area contributed by atoms with Gasteiger partial charge in [-0.3, -0.25) is 9.69 Å². The maximum Gasteiger partial charge on any atom is 0.409 e. The van der Waals surface area contributed by atoms with Crippen LogP contribution in [0.15, 0.2) is 24.3 Å². The lowest BCUT2D eigenvalue weighted by molar-refractivity contribution is -0.132. The third-order valence-corrected chi connectivity index (χ3v) is 5.47. The van der Waals surface area contributed by atoms with Crippen molar-refractivity contribution >= 4 is 12.0 Å². The smallest absolute Gasteiger partial charge is 0.409 e. The molecule has 0 aliphatic carbocycles. The Hall–Kier alpha value is -2.15. The first kappa shape index (κ1) is 19.6. The van der Waals surface area contributed by atoms with E-state index in [4.69, 9.17) is 4.74 Å². The third-order valence-electron chi connectivity index (χ3n) is 5.47. The molecule has 2 heterocycles. The molecular formula is C20H28FN3O3. The summed E-state index contributed by atoms with van der Waals surface area (Å²) >= 11 is 0. The summed E-state index contributed by atoms with van der Waals surface area (Å²) in [7, 11) is 0. The second-order valence-corrected chi connectivity index (χ2v) is 7.10. The van der Waals surface area contributed by atoms with Gasteiger partial charge < -0.3 is 14.5 Å². The number of rotatable bonds is 4. The van der Waals surface area contributed by atoms with Crippen LogP contribution in [0.1, 0.15) is 25.3 Å². The van der Waals surface area contributed by atoms with Crippen LogP contribution in [0.25, 0.3) is 0 Å². The van der Waals surface area contributed by atoms with Gasteiger partial charge in [0.2, 0.25) is 5.91 Å². The van der Waals surface area contributed by atoms with Crippen molar-refractivity contribution in [3.8, 4) is 0 Å². The fourth-order valence-electron chi connectivity index (χ4n) is 3.88. The zero-order chi connectivity index (χ0) is 19.2. The van der Waals surface area contributed by atoms with Crippen LogP contribution in [0.3, 0.4) is 0 Å². The first-order valence-electron chi connectivity index (χ1n) is 9.75. The third kappa shape index (κ3) is 4.97. The Morgan fingerprint density at radius 1 is 1.04 bits per heavy atom. The maximum atomic E-state index is 13.7. The number of piperazine rings is 1. The van der Waals surface area contributed by atoms with E-state index in [2.05, 4.69) is 4.90 Å². The largest absolute Gasteiger partial charge is 0.450 e. The number of likely N-dealkylation sites (tertiary alicyclic amines) is 1. The second kappa shape index (κ2) is 9.17. The highest BCUT2D eigenvalue weighted by molar-refractivity contribution is 5.79. The zero-order valence-corrected chi connectivity index (χ0v) is 15.9. The zero-order valence-electron chi connectivity index (χ0n) is 15.9. The molecule has 2 aliphatic heterocycles. The Bertz CT molecular complexity index is 654. The number of benzene rings is 1. The van der Waals surface area contributed by atoms with Crippen molar-refractivity contribution in [1.29, 1.82) is 0 Å². The van der Waals surface area contributed by atoms with Crippen LogP contribution in [0, 0.1) is 5.82 Å². The van der Waals surface area contributed by atoms with Crippen LogP contribution in [0.5, 0.6) is 0 Å². The van der Waals surface area contributed by atoms with Crippen LogP contribution in [0.4, 0.5) is 9.18 Å². The van der Waals surface area contributed by atoms with Crippen molar-refractivity contribution in [2.75, 3.05) is 45.9 Å². The maximum absolute atomic E-state index is 13.7. The molecule has 2 aliphatic rings. The summed E-state index contributed by atoms with van der Waals surface area (Å²) in [6, 6.07) is 6.89. The van der Waals surface area contributed by atoms with Gasteiger partial charge in [0.05, 0.1) is 13.0 Å². The van der Waals surface area contributed by atoms with Gasteiger partial charge in [0.1, 0.15) is 5.82 Å². The summed E-state index contributed by atoms with van der Waals surface area (Å²) in [5.74, 6) is -0.338. The normalized spacial score (nSPS) is 19.2. The average Bonchev–Trinajstić information content (AvgIpc) is 2.70. The van der Waals surface area contributed by atoms with E-state index in [1.807, 2.05) is 11.8 Å². The van der Waals surface area contributed by atoms with Crippen LogP contribution in [-0.2, 0) is 16.0 Å². The van der Waals surface area contributed by atoms with E-state index in [1.165, 1.54) is 6.07 Å². The minimum absolute atomic E-state index is 0.0168. The SMILES string of the molecule is CCOC(=O)N1CCC(N2CCN(C(=O)Cc3ccccc3F)CC2)CC1. The van der Waals surface area contributed by atoms with Gasteiger partial charge in [-0.15, -0.1) is 0 Å². The molecule has 0 N–H and O–H groups in total. The van der Waals surface area contributed by atoms with Crippen molar-refractivity contribution in [2.45, 2.75) is 32.2 Å². The molecule has 0 atom stereocenters. The predicted octanol–water partition coefficient (Wildman–Crippen LogP) is 2.13. The Labute approximate surface area is 159 Å². The Morgan fingerprint density at radius 2 is 1.70 bits per heavy atom. The van der Waals surface area contributed by atoms with Crippen molar-refractivity contribution in [1.82, 2.24) is 14.7 Å². The van der Waals surface area contributed by atoms with Gasteiger partial charge in [0.15, 0.2) is 0 Å². The molecule has 6 nitrogen and oxygen atoms in total. The molecule has 0 spiro atoms. The molecule has 2 fully saturated rings. The molecule has 1 aromatic rings. The van der Waals surface area contributed by atoms with E-state index in [9.17, 15) is 14.0 Å². The molecule has 148 valence electrons. The molecule has 2 saturated heterocycles. The Balaban J connectivity index is 1.43. The van der Waals surface area contributed by atoms with Crippen molar-refractivity contribution in [3.63, 3.8) is 0 Å². The summed E-state index contributed by atoms with van der Waals surface area (Å²) in [6.45, 7) is 6.65. The van der Waals surface area contributed by atoms with Crippen LogP contribution >= 0.6 is 0 Å². The molecule has 0 saturated carbocycles. The number of ether oxygens (including phenoxy) is 1. The summed E-state index contributed by atoms with van der Waals surface area (Å²) in [4.78, 5) is 30.3. The van der Waals surface area contributed by atoms with Crippen LogP contribution < -0.4 is 0 Å². The average molecular weight is 377 g/mol. The number of halogens is 1. The molecule has 3 rings (SSSR count). The molecule has 2 amide bonds. The first-order valence-corrected chi connectivity index (χ1v) is 9.75. The number of carbonyl (C=O) groups is 2. The monoisotopic (exact) mass is 377 g/mol. The lowest BCUT2D eigenvalue weighted by Crippen LogP contribution is -2.55. The van der Waals surface area contributed by atoms with Gasteiger partial charge in [-0.2, -0.15) is 0 Å². The summed E-state index contributed by atoms with van der Waals surface area (Å²) in [5, 5.41) is 0. The Kier molecular flexibility index (Phi) is 6.66. The molecule has 1 aromatic carbocycles. The summed E-state index contributed by atoms with van der Waals surface area (Å²) in [6.07, 6.45) is 1.76. The number of amides is 2. The number of carbonyl (C=O) groups excluding carboxylic acids is 2. The fraction of sp³-hybridized carbons (Fsp3) is 0.600. The highest BCUT2D eigenvalue weighted by Crippen LogP contribution is 2.19. The van der Waals surface area contributed by atoms with Gasteiger partial charge in [-0.1, -0.05) is 18.2 Å². The van der Waals surface area contributed by atoms with Gasteiger partial charge >= 0.3 is 6.09 Å². The van der Waals surface area contributed by atoms with Gasteiger partial charge in [-0.25, -0.2) is 9.18 Å². The van der Waals surface area contributed by atoms with Crippen molar-refractivity contribution in [2.24, 2.45) is 0 Å². The van der Waals surface area contributed by atoms with Gasteiger partial charge in [0, 0.05) is 45.3 Å². The second-order valence-electron chi connectivity index (χ2n) is 7.10. The van der Waals surface area contributed by atoms with Crippen LogP contribution in [-0.4, -0.2) is 78.6 Å². The number of hydrogen-bond donors (Lipinski definition) is 0. The molecule has 7 heteroatoms. The van der Waals surface area contributed by atoms with E-state index >= 15 is 0 Å². The lowest BCUT2D eigenvalue weighted by atomic mass is 10.0. The molecule has 0 radical (unpaired) electrons. The van der Waals surface area contributed by atoms with E-state index in [1.54, 1.807) is 23.1 Å². The minimum Gasteiger partial charge on any atom is -0.450 e. The van der Waals surface area contributed by atoms with Crippen LogP contribution in [0.2, 0.25) is 0 Å². The summed E-state index contributed by atoms with van der Waals surface area (Å²) in [5.41, 5.74) is 0.455. The van der Waals surface area contributed by atoms with Crippen molar-refractivity contribution in [3.05, 3.63) is 35.6 Å². The topological polar surface area (TPSA) is 53.1 Å². The number of nitrogens with zero attached hydrogens (tertiary/aromatic N) is 3. The van der Waals surface area contributed by atoms with E-state index in [0.29, 0.717) is 31.3 Å². The molecular weight excluding hydrogens is 349 g/mol. The standard InChI is InChI=1S/C20H28FN3O3/c1-2-27-20(26)24-9-7-17(8-10-24)22-11-13-23(14-12-22)19(25)15-16-5-3-4-6-18(16)21/h3-6,17H,2,7-15H2,1H3. The number of hydrogen-bond acceptors (Lipinski definition) is 4. The Morgan fingerprint density at radius 3 is 2.33 bits per heavy atom. The highest BCUT2D eigenvalue weighted by atomic mass is 19.1. The molecule has 0 bridgehead atoms. The number of piperidine rings is 1. The first-order chi connectivity index (χ1) is 13.1. The van der Waals surface area contributed by atoms with E-state index in [0.717, 1.165) is 39.0 Å². The lowest BCUT2D eigenvalue weighted by Gasteiger charge is -2.42.